The molecule has 0 saturated heterocycles. The van der Waals surface area contributed by atoms with E-state index < -0.39 is 23.6 Å². The topological polar surface area (TPSA) is 64.4 Å². The molecule has 2 aromatic rings. The fourth-order valence-electron chi connectivity index (χ4n) is 2.71. The van der Waals surface area contributed by atoms with E-state index in [-0.39, 0.29) is 23.7 Å². The number of aryl methyl sites for hydroxylation is 1. The Bertz CT molecular complexity index is 786. The first-order valence-corrected chi connectivity index (χ1v) is 7.74. The summed E-state index contributed by atoms with van der Waals surface area (Å²) in [5, 5.41) is 2.66. The summed E-state index contributed by atoms with van der Waals surface area (Å²) in [7, 11) is 0. The average Bonchev–Trinajstić information content (AvgIpc) is 3.02. The summed E-state index contributed by atoms with van der Waals surface area (Å²) < 4.78 is 38.0. The van der Waals surface area contributed by atoms with Crippen molar-refractivity contribution in [1.82, 2.24) is 10.3 Å². The highest BCUT2D eigenvalue weighted by Crippen LogP contribution is 2.35. The minimum Gasteiger partial charge on any atom is -0.490 e. The van der Waals surface area contributed by atoms with Gasteiger partial charge in [-0.3, -0.25) is 4.79 Å². The largest absolute Gasteiger partial charge is 0.490 e. The van der Waals surface area contributed by atoms with Gasteiger partial charge in [0, 0.05) is 18.6 Å². The second-order valence-electron chi connectivity index (χ2n) is 6.26. The molecular formula is C17H18F2N2O3. The van der Waals surface area contributed by atoms with Crippen molar-refractivity contribution in [2.75, 3.05) is 6.61 Å². The van der Waals surface area contributed by atoms with E-state index in [9.17, 15) is 13.6 Å². The van der Waals surface area contributed by atoms with Crippen LogP contribution in [0.15, 0.2) is 16.5 Å². The Balaban J connectivity index is 1.79. The SMILES string of the molecule is Cc1nc(CC(C)C)oc1C(=O)N[C@H]1COc2cc(F)cc(F)c21. The molecule has 0 bridgehead atoms. The van der Waals surface area contributed by atoms with Crippen LogP contribution in [0.2, 0.25) is 0 Å². The van der Waals surface area contributed by atoms with Crippen molar-refractivity contribution in [2.24, 2.45) is 5.92 Å². The quantitative estimate of drug-likeness (QED) is 0.930. The number of carbonyl (C=O) groups is 1. The molecule has 0 unspecified atom stereocenters. The summed E-state index contributed by atoms with van der Waals surface area (Å²) in [5.41, 5.74) is 0.617. The minimum absolute atomic E-state index is 0.0352. The van der Waals surface area contributed by atoms with E-state index in [0.717, 1.165) is 12.1 Å². The number of hydrogen-bond donors (Lipinski definition) is 1. The first-order chi connectivity index (χ1) is 11.3. The number of halogens is 2. The number of benzene rings is 1. The molecule has 0 aliphatic carbocycles. The van der Waals surface area contributed by atoms with Gasteiger partial charge in [-0.05, 0) is 12.8 Å². The van der Waals surface area contributed by atoms with Crippen molar-refractivity contribution in [3.8, 4) is 5.75 Å². The fourth-order valence-corrected chi connectivity index (χ4v) is 2.71. The van der Waals surface area contributed by atoms with Gasteiger partial charge in [0.05, 0.1) is 17.3 Å². The van der Waals surface area contributed by atoms with Crippen LogP contribution in [-0.2, 0) is 6.42 Å². The lowest BCUT2D eigenvalue weighted by Crippen LogP contribution is -2.30. The van der Waals surface area contributed by atoms with Gasteiger partial charge in [0.25, 0.3) is 5.91 Å². The highest BCUT2D eigenvalue weighted by atomic mass is 19.1. The lowest BCUT2D eigenvalue weighted by atomic mass is 10.1. The molecule has 1 aliphatic heterocycles. The molecule has 2 heterocycles. The summed E-state index contributed by atoms with van der Waals surface area (Å²) in [6.07, 6.45) is 0.622. The second-order valence-corrected chi connectivity index (χ2v) is 6.26. The molecule has 0 saturated carbocycles. The van der Waals surface area contributed by atoms with E-state index >= 15 is 0 Å². The molecule has 128 valence electrons. The number of carbonyl (C=O) groups excluding carboxylic acids is 1. The van der Waals surface area contributed by atoms with E-state index in [4.69, 9.17) is 9.15 Å². The summed E-state index contributed by atoms with van der Waals surface area (Å²) in [4.78, 5) is 16.6. The molecule has 7 heteroatoms. The molecule has 1 aliphatic rings. The number of nitrogens with zero attached hydrogens (tertiary/aromatic N) is 1. The highest BCUT2D eigenvalue weighted by Gasteiger charge is 2.31. The number of ether oxygens (including phenoxy) is 1. The van der Waals surface area contributed by atoms with Gasteiger partial charge in [0.2, 0.25) is 5.76 Å². The Morgan fingerprint density at radius 1 is 1.42 bits per heavy atom. The Hall–Kier alpha value is -2.44. The molecular weight excluding hydrogens is 318 g/mol. The Morgan fingerprint density at radius 2 is 2.17 bits per heavy atom. The third-order valence-corrected chi connectivity index (χ3v) is 3.75. The van der Waals surface area contributed by atoms with Crippen LogP contribution in [0.3, 0.4) is 0 Å². The highest BCUT2D eigenvalue weighted by molar-refractivity contribution is 5.92. The predicted octanol–water partition coefficient (Wildman–Crippen LogP) is 3.32. The summed E-state index contributed by atoms with van der Waals surface area (Å²) >= 11 is 0. The number of amides is 1. The van der Waals surface area contributed by atoms with E-state index in [1.54, 1.807) is 6.92 Å². The molecule has 1 atom stereocenters. The van der Waals surface area contributed by atoms with Crippen molar-refractivity contribution >= 4 is 5.91 Å². The van der Waals surface area contributed by atoms with Crippen molar-refractivity contribution in [3.05, 3.63) is 46.7 Å². The molecule has 1 amide bonds. The maximum absolute atomic E-state index is 14.0. The maximum atomic E-state index is 14.0. The number of hydrogen-bond acceptors (Lipinski definition) is 4. The number of aromatic nitrogens is 1. The van der Waals surface area contributed by atoms with Crippen molar-refractivity contribution in [3.63, 3.8) is 0 Å². The van der Waals surface area contributed by atoms with Gasteiger partial charge in [0.1, 0.15) is 24.0 Å². The molecule has 1 aromatic heterocycles. The van der Waals surface area contributed by atoms with Crippen LogP contribution in [0, 0.1) is 24.5 Å². The number of nitrogens with one attached hydrogen (secondary N) is 1. The van der Waals surface area contributed by atoms with Gasteiger partial charge in [-0.2, -0.15) is 0 Å². The molecule has 3 rings (SSSR count). The van der Waals surface area contributed by atoms with Gasteiger partial charge in [-0.25, -0.2) is 13.8 Å². The predicted molar refractivity (Wildman–Crippen MR) is 81.8 cm³/mol. The molecule has 1 aromatic carbocycles. The lowest BCUT2D eigenvalue weighted by molar-refractivity contribution is 0.0898. The van der Waals surface area contributed by atoms with E-state index in [1.165, 1.54) is 0 Å². The second kappa shape index (κ2) is 6.22. The Kier molecular flexibility index (Phi) is 4.26. The standard InChI is InChI=1S/C17H18F2N2O3/c1-8(2)4-14-20-9(3)16(24-14)17(22)21-12-7-23-13-6-10(18)5-11(19)15(12)13/h5-6,8,12H,4,7H2,1-3H3,(H,21,22)/t12-/m0/s1. The van der Waals surface area contributed by atoms with Crippen LogP contribution < -0.4 is 10.1 Å². The lowest BCUT2D eigenvalue weighted by Gasteiger charge is -2.11. The van der Waals surface area contributed by atoms with Crippen LogP contribution in [0.4, 0.5) is 8.78 Å². The van der Waals surface area contributed by atoms with Gasteiger partial charge in [-0.1, -0.05) is 13.8 Å². The van der Waals surface area contributed by atoms with E-state index in [1.807, 2.05) is 13.8 Å². The average molecular weight is 336 g/mol. The van der Waals surface area contributed by atoms with Crippen molar-refractivity contribution in [1.29, 1.82) is 0 Å². The molecule has 0 radical (unpaired) electrons. The van der Waals surface area contributed by atoms with Gasteiger partial charge < -0.3 is 14.5 Å². The monoisotopic (exact) mass is 336 g/mol. The molecule has 0 spiro atoms. The molecule has 1 N–H and O–H groups in total. The third kappa shape index (κ3) is 3.11. The first-order valence-electron chi connectivity index (χ1n) is 7.74. The zero-order chi connectivity index (χ0) is 17.4. The Labute approximate surface area is 138 Å². The molecule has 0 fully saturated rings. The van der Waals surface area contributed by atoms with Crippen molar-refractivity contribution < 1.29 is 22.7 Å². The number of oxazole rings is 1. The molecule has 24 heavy (non-hydrogen) atoms. The van der Waals surface area contributed by atoms with Gasteiger partial charge in [0.15, 0.2) is 5.89 Å². The van der Waals surface area contributed by atoms with Crippen LogP contribution in [0.5, 0.6) is 5.75 Å². The smallest absolute Gasteiger partial charge is 0.289 e. The number of rotatable bonds is 4. The van der Waals surface area contributed by atoms with Gasteiger partial charge >= 0.3 is 0 Å². The number of fused-ring (bicyclic) bond motifs is 1. The normalized spacial score (nSPS) is 16.2. The molecule has 5 nitrogen and oxygen atoms in total. The van der Waals surface area contributed by atoms with Crippen molar-refractivity contribution in [2.45, 2.75) is 33.2 Å². The van der Waals surface area contributed by atoms with Crippen LogP contribution in [0.1, 0.15) is 47.6 Å². The first kappa shape index (κ1) is 16.4. The van der Waals surface area contributed by atoms with Crippen LogP contribution in [-0.4, -0.2) is 17.5 Å². The summed E-state index contributed by atoms with van der Waals surface area (Å²) in [6.45, 7) is 5.76. The van der Waals surface area contributed by atoms with Crippen LogP contribution >= 0.6 is 0 Å². The Morgan fingerprint density at radius 3 is 2.88 bits per heavy atom. The van der Waals surface area contributed by atoms with Crippen LogP contribution in [0.25, 0.3) is 0 Å². The third-order valence-electron chi connectivity index (χ3n) is 3.75. The maximum Gasteiger partial charge on any atom is 0.289 e. The van der Waals surface area contributed by atoms with Gasteiger partial charge in [-0.15, -0.1) is 0 Å². The van der Waals surface area contributed by atoms with E-state index in [0.29, 0.717) is 23.9 Å². The van der Waals surface area contributed by atoms with E-state index in [2.05, 4.69) is 10.3 Å². The zero-order valence-electron chi connectivity index (χ0n) is 13.7. The summed E-state index contributed by atoms with van der Waals surface area (Å²) in [6, 6.07) is 1.17. The fraction of sp³-hybridized carbons (Fsp3) is 0.412. The summed E-state index contributed by atoms with van der Waals surface area (Å²) in [5.74, 6) is -0.929. The zero-order valence-corrected chi connectivity index (χ0v) is 13.7. The minimum atomic E-state index is -0.748.